The number of nitrogens with zero attached hydrogens (tertiary/aromatic N) is 1. The Balaban J connectivity index is 0.00000261. The molecule has 1 aliphatic heterocycles. The minimum absolute atomic E-state index is 0. The number of piperidine rings is 1. The molecule has 2 heterocycles. The molecule has 2 amide bonds. The minimum atomic E-state index is -0.339. The lowest BCUT2D eigenvalue weighted by molar-refractivity contribution is 0.0583. The maximum absolute atomic E-state index is 13.0. The number of nitrogens with two attached hydrogens (primary N) is 1. The van der Waals surface area contributed by atoms with E-state index in [0.29, 0.717) is 17.8 Å². The first-order chi connectivity index (χ1) is 12.5. The van der Waals surface area contributed by atoms with Gasteiger partial charge in [0.05, 0.1) is 6.26 Å². The van der Waals surface area contributed by atoms with E-state index in [1.54, 1.807) is 24.3 Å². The van der Waals surface area contributed by atoms with Crippen LogP contribution in [0.5, 0.6) is 0 Å². The fraction of sp³-hybridized carbons (Fsp3) is 0.400. The molecule has 0 saturated carbocycles. The van der Waals surface area contributed by atoms with E-state index in [4.69, 9.17) is 10.2 Å². The predicted octanol–water partition coefficient (Wildman–Crippen LogP) is 3.60. The smallest absolute Gasteiger partial charge is 0.291 e. The molecule has 3 N–H and O–H groups in total. The van der Waals surface area contributed by atoms with Crippen molar-refractivity contribution >= 4 is 29.9 Å². The van der Waals surface area contributed by atoms with E-state index in [0.717, 1.165) is 24.8 Å². The van der Waals surface area contributed by atoms with Gasteiger partial charge in [-0.1, -0.05) is 6.07 Å². The Morgan fingerprint density at radius 2 is 2.07 bits per heavy atom. The number of carbonyl (C=O) groups is 2. The lowest BCUT2D eigenvalue weighted by Gasteiger charge is -2.38. The van der Waals surface area contributed by atoms with Crippen molar-refractivity contribution in [1.29, 1.82) is 0 Å². The molecule has 2 atom stereocenters. The number of halogens is 1. The van der Waals surface area contributed by atoms with Gasteiger partial charge in [0, 0.05) is 29.9 Å². The molecule has 1 aromatic heterocycles. The van der Waals surface area contributed by atoms with Crippen molar-refractivity contribution in [3.63, 3.8) is 0 Å². The highest BCUT2D eigenvalue weighted by Gasteiger charge is 2.30. The molecule has 3 rings (SSSR count). The number of carbonyl (C=O) groups excluding carboxylic acids is 2. The first-order valence-corrected chi connectivity index (χ1v) is 8.99. The molecule has 146 valence electrons. The van der Waals surface area contributed by atoms with E-state index >= 15 is 0 Å². The lowest BCUT2D eigenvalue weighted by atomic mass is 9.95. The second-order valence-corrected chi connectivity index (χ2v) is 6.88. The van der Waals surface area contributed by atoms with Crippen molar-refractivity contribution in [1.82, 2.24) is 4.90 Å². The van der Waals surface area contributed by atoms with Crippen LogP contribution in [0.25, 0.3) is 0 Å². The van der Waals surface area contributed by atoms with Crippen molar-refractivity contribution in [3.05, 3.63) is 53.5 Å². The summed E-state index contributed by atoms with van der Waals surface area (Å²) in [5.41, 5.74) is 8.12. The summed E-state index contributed by atoms with van der Waals surface area (Å²) in [6.45, 7) is 4.55. The van der Waals surface area contributed by atoms with Crippen LogP contribution in [0, 0.1) is 6.92 Å². The Morgan fingerprint density at radius 3 is 2.74 bits per heavy atom. The molecular weight excluding hydrogens is 366 g/mol. The molecule has 1 aromatic carbocycles. The molecule has 0 bridgehead atoms. The van der Waals surface area contributed by atoms with E-state index in [2.05, 4.69) is 5.32 Å². The maximum Gasteiger partial charge on any atom is 0.291 e. The van der Waals surface area contributed by atoms with Gasteiger partial charge < -0.3 is 20.4 Å². The summed E-state index contributed by atoms with van der Waals surface area (Å²) in [5, 5.41) is 2.82. The first-order valence-electron chi connectivity index (χ1n) is 8.99. The number of rotatable bonds is 4. The highest BCUT2D eigenvalue weighted by atomic mass is 35.5. The van der Waals surface area contributed by atoms with E-state index in [1.165, 1.54) is 6.26 Å². The van der Waals surface area contributed by atoms with Gasteiger partial charge >= 0.3 is 0 Å². The van der Waals surface area contributed by atoms with Crippen LogP contribution in [0.15, 0.2) is 41.0 Å². The molecule has 1 aliphatic rings. The van der Waals surface area contributed by atoms with Crippen LogP contribution in [0.4, 0.5) is 5.69 Å². The number of likely N-dealkylation sites (tertiary alicyclic amines) is 1. The van der Waals surface area contributed by atoms with Gasteiger partial charge in [0.2, 0.25) is 0 Å². The molecule has 2 aromatic rings. The molecule has 0 aliphatic carbocycles. The Bertz CT molecular complexity index is 790. The molecule has 1 saturated heterocycles. The van der Waals surface area contributed by atoms with Crippen molar-refractivity contribution in [2.75, 3.05) is 11.9 Å². The second-order valence-electron chi connectivity index (χ2n) is 6.88. The van der Waals surface area contributed by atoms with Crippen LogP contribution in [0.3, 0.4) is 0 Å². The van der Waals surface area contributed by atoms with Gasteiger partial charge in [-0.3, -0.25) is 9.59 Å². The number of amides is 2. The summed E-state index contributed by atoms with van der Waals surface area (Å²) in [6.07, 6.45) is 4.46. The normalized spacial score (nSPS) is 17.7. The van der Waals surface area contributed by atoms with E-state index in [-0.39, 0.29) is 42.1 Å². The van der Waals surface area contributed by atoms with Crippen LogP contribution in [0.2, 0.25) is 0 Å². The fourth-order valence-corrected chi connectivity index (χ4v) is 3.40. The average molecular weight is 392 g/mol. The summed E-state index contributed by atoms with van der Waals surface area (Å²) in [5.74, 6) is -0.149. The first kappa shape index (κ1) is 21.0. The topological polar surface area (TPSA) is 88.6 Å². The Kier molecular flexibility index (Phi) is 7.05. The molecule has 0 spiro atoms. The third-order valence-corrected chi connectivity index (χ3v) is 4.89. The number of hydrogen-bond acceptors (Lipinski definition) is 4. The van der Waals surface area contributed by atoms with Gasteiger partial charge in [-0.2, -0.15) is 0 Å². The van der Waals surface area contributed by atoms with Crippen LogP contribution in [0.1, 0.15) is 52.7 Å². The van der Waals surface area contributed by atoms with Crippen LogP contribution >= 0.6 is 12.4 Å². The highest BCUT2D eigenvalue weighted by molar-refractivity contribution is 6.04. The van der Waals surface area contributed by atoms with Crippen LogP contribution in [-0.4, -0.2) is 35.3 Å². The number of furan rings is 1. The number of anilines is 1. The number of aryl methyl sites for hydroxylation is 1. The fourth-order valence-electron chi connectivity index (χ4n) is 3.40. The zero-order valence-electron chi connectivity index (χ0n) is 15.6. The molecule has 7 heteroatoms. The molecular formula is C20H26ClN3O3. The second kappa shape index (κ2) is 9.06. The summed E-state index contributed by atoms with van der Waals surface area (Å²) < 4.78 is 5.12. The zero-order valence-corrected chi connectivity index (χ0v) is 16.4. The van der Waals surface area contributed by atoms with Crippen molar-refractivity contribution < 1.29 is 14.0 Å². The average Bonchev–Trinajstić information content (AvgIpc) is 3.17. The van der Waals surface area contributed by atoms with Crippen molar-refractivity contribution in [2.45, 2.75) is 45.2 Å². The summed E-state index contributed by atoms with van der Waals surface area (Å²) in [7, 11) is 0. The van der Waals surface area contributed by atoms with Gasteiger partial charge in [-0.05, 0) is 62.9 Å². The van der Waals surface area contributed by atoms with E-state index < -0.39 is 0 Å². The predicted molar refractivity (Wildman–Crippen MR) is 107 cm³/mol. The summed E-state index contributed by atoms with van der Waals surface area (Å²) >= 11 is 0. The minimum Gasteiger partial charge on any atom is -0.459 e. The van der Waals surface area contributed by atoms with Crippen molar-refractivity contribution in [2.24, 2.45) is 5.73 Å². The van der Waals surface area contributed by atoms with Crippen LogP contribution in [-0.2, 0) is 0 Å². The number of benzene rings is 1. The molecule has 1 fully saturated rings. The largest absolute Gasteiger partial charge is 0.459 e. The van der Waals surface area contributed by atoms with Gasteiger partial charge in [0.1, 0.15) is 0 Å². The van der Waals surface area contributed by atoms with Gasteiger partial charge in [-0.25, -0.2) is 0 Å². The number of hydrogen-bond donors (Lipinski definition) is 2. The SMILES string of the molecule is Cc1ccc(C(=O)N2CCCCC2C(C)N)cc1NC(=O)c1ccco1.Cl. The molecule has 27 heavy (non-hydrogen) atoms. The quantitative estimate of drug-likeness (QED) is 0.833. The van der Waals surface area contributed by atoms with Gasteiger partial charge in [0.15, 0.2) is 5.76 Å². The Labute approximate surface area is 165 Å². The summed E-state index contributed by atoms with van der Waals surface area (Å²) in [6, 6.07) is 8.61. The molecule has 0 radical (unpaired) electrons. The zero-order chi connectivity index (χ0) is 18.7. The molecule has 2 unspecified atom stereocenters. The Hall–Kier alpha value is -2.31. The standard InChI is InChI=1S/C20H25N3O3.ClH/c1-13-8-9-15(12-16(13)22-19(24)18-7-5-11-26-18)20(25)23-10-4-3-6-17(23)14(2)21;/h5,7-9,11-12,14,17H,3-4,6,10,21H2,1-2H3,(H,22,24);1H. The Morgan fingerprint density at radius 1 is 1.30 bits per heavy atom. The van der Waals surface area contributed by atoms with Crippen molar-refractivity contribution in [3.8, 4) is 0 Å². The maximum atomic E-state index is 13.0. The third kappa shape index (κ3) is 4.70. The lowest BCUT2D eigenvalue weighted by Crippen LogP contribution is -2.51. The molecule has 6 nitrogen and oxygen atoms in total. The monoisotopic (exact) mass is 391 g/mol. The summed E-state index contributed by atoms with van der Waals surface area (Å²) in [4.78, 5) is 27.1. The number of nitrogens with one attached hydrogen (secondary N) is 1. The van der Waals surface area contributed by atoms with Crippen LogP contribution < -0.4 is 11.1 Å². The van der Waals surface area contributed by atoms with Gasteiger partial charge in [-0.15, -0.1) is 12.4 Å². The van der Waals surface area contributed by atoms with E-state index in [1.807, 2.05) is 24.8 Å². The highest BCUT2D eigenvalue weighted by Crippen LogP contribution is 2.24. The van der Waals surface area contributed by atoms with E-state index in [9.17, 15) is 9.59 Å². The third-order valence-electron chi connectivity index (χ3n) is 4.89. The van der Waals surface area contributed by atoms with Gasteiger partial charge in [0.25, 0.3) is 11.8 Å².